The van der Waals surface area contributed by atoms with Gasteiger partial charge in [0.1, 0.15) is 12.0 Å². The molecule has 28 heavy (non-hydrogen) atoms. The van der Waals surface area contributed by atoms with Crippen molar-refractivity contribution in [2.24, 2.45) is 0 Å². The average Bonchev–Trinajstić information content (AvgIpc) is 3.20. The summed E-state index contributed by atoms with van der Waals surface area (Å²) in [6.07, 6.45) is 2.52. The van der Waals surface area contributed by atoms with E-state index in [1.165, 1.54) is 11.9 Å². The van der Waals surface area contributed by atoms with E-state index in [9.17, 15) is 4.79 Å². The van der Waals surface area contributed by atoms with Crippen molar-refractivity contribution in [3.05, 3.63) is 59.7 Å². The molecule has 0 unspecified atom stereocenters. The fourth-order valence-electron chi connectivity index (χ4n) is 3.62. The fraction of sp³-hybridized carbons (Fsp3) is 0.429. The van der Waals surface area contributed by atoms with Gasteiger partial charge in [-0.1, -0.05) is 44.2 Å². The Morgan fingerprint density at radius 1 is 1.11 bits per heavy atom. The monoisotopic (exact) mass is 378 g/mol. The maximum atomic E-state index is 13.0. The summed E-state index contributed by atoms with van der Waals surface area (Å²) < 4.78 is 1.71. The van der Waals surface area contributed by atoms with Crippen LogP contribution in [0.1, 0.15) is 41.5 Å². The maximum Gasteiger partial charge on any atom is 0.272 e. The molecule has 0 atom stereocenters. The third-order valence-electron chi connectivity index (χ3n) is 5.31. The first-order valence-corrected chi connectivity index (χ1v) is 9.88. The van der Waals surface area contributed by atoms with Crippen molar-refractivity contribution in [2.75, 3.05) is 32.7 Å². The number of rotatable bonds is 5. The SMILES string of the molecule is CC(C)c1cc(C(=O)N2CCN(CCc3ccccc3)CC2)nc2ncnn12. The van der Waals surface area contributed by atoms with Crippen molar-refractivity contribution >= 4 is 11.7 Å². The van der Waals surface area contributed by atoms with Gasteiger partial charge in [-0.15, -0.1) is 0 Å². The van der Waals surface area contributed by atoms with Crippen LogP contribution in [0.4, 0.5) is 0 Å². The normalized spacial score (nSPS) is 15.5. The Balaban J connectivity index is 1.39. The molecule has 146 valence electrons. The zero-order valence-corrected chi connectivity index (χ0v) is 16.5. The third-order valence-corrected chi connectivity index (χ3v) is 5.31. The first-order valence-electron chi connectivity index (χ1n) is 9.88. The second-order valence-electron chi connectivity index (χ2n) is 7.56. The van der Waals surface area contributed by atoms with Gasteiger partial charge in [-0.25, -0.2) is 9.50 Å². The summed E-state index contributed by atoms with van der Waals surface area (Å²) in [4.78, 5) is 25.9. The molecule has 1 saturated heterocycles. The van der Waals surface area contributed by atoms with Crippen LogP contribution in [0.2, 0.25) is 0 Å². The first-order chi connectivity index (χ1) is 13.6. The predicted octanol–water partition coefficient (Wildman–Crippen LogP) is 2.25. The van der Waals surface area contributed by atoms with Gasteiger partial charge in [0.05, 0.1) is 5.69 Å². The Bertz CT molecular complexity index is 944. The molecule has 1 amide bonds. The van der Waals surface area contributed by atoms with Crippen molar-refractivity contribution in [2.45, 2.75) is 26.2 Å². The summed E-state index contributed by atoms with van der Waals surface area (Å²) in [5, 5.41) is 4.22. The molecule has 1 aromatic carbocycles. The second kappa shape index (κ2) is 8.06. The number of hydrogen-bond acceptors (Lipinski definition) is 5. The highest BCUT2D eigenvalue weighted by atomic mass is 16.2. The highest BCUT2D eigenvalue weighted by Gasteiger charge is 2.24. The van der Waals surface area contributed by atoms with Gasteiger partial charge in [-0.2, -0.15) is 10.1 Å². The summed E-state index contributed by atoms with van der Waals surface area (Å²) in [6.45, 7) is 8.42. The van der Waals surface area contributed by atoms with Crippen molar-refractivity contribution in [1.82, 2.24) is 29.4 Å². The zero-order chi connectivity index (χ0) is 19.5. The van der Waals surface area contributed by atoms with Gasteiger partial charge in [0, 0.05) is 32.7 Å². The lowest BCUT2D eigenvalue weighted by atomic mass is 10.1. The Labute approximate surface area is 165 Å². The Morgan fingerprint density at radius 3 is 2.57 bits per heavy atom. The van der Waals surface area contributed by atoms with Crippen molar-refractivity contribution in [3.8, 4) is 0 Å². The molecular weight excluding hydrogens is 352 g/mol. The van der Waals surface area contributed by atoms with Crippen molar-refractivity contribution in [1.29, 1.82) is 0 Å². The second-order valence-corrected chi connectivity index (χ2v) is 7.56. The van der Waals surface area contributed by atoms with E-state index in [2.05, 4.69) is 58.1 Å². The zero-order valence-electron chi connectivity index (χ0n) is 16.5. The van der Waals surface area contributed by atoms with Crippen LogP contribution in [0.3, 0.4) is 0 Å². The number of hydrogen-bond donors (Lipinski definition) is 0. The Kier molecular flexibility index (Phi) is 5.34. The fourth-order valence-corrected chi connectivity index (χ4v) is 3.62. The molecule has 2 aromatic heterocycles. The average molecular weight is 378 g/mol. The summed E-state index contributed by atoms with van der Waals surface area (Å²) in [5.41, 5.74) is 2.77. The van der Waals surface area contributed by atoms with Crippen LogP contribution < -0.4 is 0 Å². The van der Waals surface area contributed by atoms with Crippen LogP contribution in [0.25, 0.3) is 5.78 Å². The summed E-state index contributed by atoms with van der Waals surface area (Å²) in [5.74, 6) is 0.694. The van der Waals surface area contributed by atoms with Crippen molar-refractivity contribution in [3.63, 3.8) is 0 Å². The summed E-state index contributed by atoms with van der Waals surface area (Å²) in [6, 6.07) is 12.4. The number of carbonyl (C=O) groups is 1. The molecule has 0 bridgehead atoms. The molecule has 7 nitrogen and oxygen atoms in total. The lowest BCUT2D eigenvalue weighted by molar-refractivity contribution is 0.0632. The van der Waals surface area contributed by atoms with E-state index >= 15 is 0 Å². The van der Waals surface area contributed by atoms with Gasteiger partial charge in [0.2, 0.25) is 0 Å². The lowest BCUT2D eigenvalue weighted by Gasteiger charge is -2.34. The van der Waals surface area contributed by atoms with Gasteiger partial charge in [0.25, 0.3) is 11.7 Å². The van der Waals surface area contributed by atoms with Crippen LogP contribution in [0.5, 0.6) is 0 Å². The highest BCUT2D eigenvalue weighted by molar-refractivity contribution is 5.93. The van der Waals surface area contributed by atoms with Crippen LogP contribution in [-0.2, 0) is 6.42 Å². The molecule has 1 aliphatic heterocycles. The number of fused-ring (bicyclic) bond motifs is 1. The largest absolute Gasteiger partial charge is 0.335 e. The van der Waals surface area contributed by atoms with Gasteiger partial charge < -0.3 is 4.90 Å². The molecule has 0 radical (unpaired) electrons. The van der Waals surface area contributed by atoms with Gasteiger partial charge in [-0.3, -0.25) is 9.69 Å². The standard InChI is InChI=1S/C21H26N6O/c1-16(2)19-14-18(24-21-22-15-23-27(19)21)20(28)26-12-10-25(11-13-26)9-8-17-6-4-3-5-7-17/h3-7,14-16H,8-13H2,1-2H3. The lowest BCUT2D eigenvalue weighted by Crippen LogP contribution is -2.49. The first kappa shape index (κ1) is 18.6. The van der Waals surface area contributed by atoms with E-state index in [0.717, 1.165) is 44.8 Å². The minimum Gasteiger partial charge on any atom is -0.335 e. The van der Waals surface area contributed by atoms with Crippen LogP contribution >= 0.6 is 0 Å². The predicted molar refractivity (Wildman–Crippen MR) is 107 cm³/mol. The van der Waals surface area contributed by atoms with E-state index < -0.39 is 0 Å². The molecular formula is C21H26N6O. The van der Waals surface area contributed by atoms with E-state index in [0.29, 0.717) is 11.5 Å². The number of nitrogens with zero attached hydrogens (tertiary/aromatic N) is 6. The topological polar surface area (TPSA) is 66.6 Å². The van der Waals surface area contributed by atoms with Crippen LogP contribution in [0.15, 0.2) is 42.7 Å². The number of amides is 1. The van der Waals surface area contributed by atoms with E-state index in [1.807, 2.05) is 17.0 Å². The molecule has 0 spiro atoms. The van der Waals surface area contributed by atoms with E-state index in [-0.39, 0.29) is 11.8 Å². The number of piperazine rings is 1. The molecule has 1 aliphatic rings. The number of aromatic nitrogens is 4. The van der Waals surface area contributed by atoms with Crippen molar-refractivity contribution < 1.29 is 4.79 Å². The smallest absolute Gasteiger partial charge is 0.272 e. The summed E-state index contributed by atoms with van der Waals surface area (Å²) in [7, 11) is 0. The maximum absolute atomic E-state index is 13.0. The third kappa shape index (κ3) is 3.89. The van der Waals surface area contributed by atoms with Crippen LogP contribution in [0, 0.1) is 0 Å². The van der Waals surface area contributed by atoms with Gasteiger partial charge >= 0.3 is 0 Å². The molecule has 0 N–H and O–H groups in total. The molecule has 3 heterocycles. The molecule has 3 aromatic rings. The van der Waals surface area contributed by atoms with E-state index in [1.54, 1.807) is 4.52 Å². The van der Waals surface area contributed by atoms with E-state index in [4.69, 9.17) is 0 Å². The van der Waals surface area contributed by atoms with Gasteiger partial charge in [0.15, 0.2) is 0 Å². The molecule has 0 aliphatic carbocycles. The molecule has 1 fully saturated rings. The quantitative estimate of drug-likeness (QED) is 0.681. The molecule has 4 rings (SSSR count). The Morgan fingerprint density at radius 2 is 1.86 bits per heavy atom. The molecule has 0 saturated carbocycles. The Hall–Kier alpha value is -2.80. The summed E-state index contributed by atoms with van der Waals surface area (Å²) >= 11 is 0. The van der Waals surface area contributed by atoms with Gasteiger partial charge in [-0.05, 0) is 24.0 Å². The number of benzene rings is 1. The minimum atomic E-state index is -0.0184. The minimum absolute atomic E-state index is 0.0184. The van der Waals surface area contributed by atoms with Crippen LogP contribution in [-0.4, -0.2) is 68.0 Å². The molecule has 7 heteroatoms. The number of carbonyl (C=O) groups excluding carboxylic acids is 1. The highest BCUT2D eigenvalue weighted by Crippen LogP contribution is 2.17.